The van der Waals surface area contributed by atoms with E-state index in [4.69, 9.17) is 9.47 Å². The van der Waals surface area contributed by atoms with E-state index in [0.717, 1.165) is 36.7 Å². The summed E-state index contributed by atoms with van der Waals surface area (Å²) in [5, 5.41) is 7.29. The van der Waals surface area contributed by atoms with Crippen molar-refractivity contribution in [1.29, 1.82) is 0 Å². The minimum atomic E-state index is -1.58. The molecule has 42 heavy (non-hydrogen) atoms. The average molecular weight is 604 g/mol. The molecule has 220 valence electrons. The highest BCUT2D eigenvalue weighted by Crippen LogP contribution is 2.48. The van der Waals surface area contributed by atoms with Crippen LogP contribution in [0.1, 0.15) is 39.7 Å². The average Bonchev–Trinajstić information content (AvgIpc) is 3.72. The van der Waals surface area contributed by atoms with Crippen LogP contribution in [0.25, 0.3) is 0 Å². The lowest BCUT2D eigenvalue weighted by Crippen LogP contribution is -2.30. The van der Waals surface area contributed by atoms with Gasteiger partial charge in [-0.05, 0) is 55.2 Å². The molecule has 2 amide bonds. The van der Waals surface area contributed by atoms with Gasteiger partial charge in [-0.3, -0.25) is 9.59 Å². The number of nitrogens with zero attached hydrogens (tertiary/aromatic N) is 2. The summed E-state index contributed by atoms with van der Waals surface area (Å²) < 4.78 is 73.2. The Morgan fingerprint density at radius 1 is 1.00 bits per heavy atom. The highest BCUT2D eigenvalue weighted by molar-refractivity contribution is 8.14. The van der Waals surface area contributed by atoms with Crippen molar-refractivity contribution in [3.8, 4) is 17.2 Å². The van der Waals surface area contributed by atoms with Crippen molar-refractivity contribution in [2.75, 3.05) is 27.4 Å². The van der Waals surface area contributed by atoms with Crippen molar-refractivity contribution in [2.24, 2.45) is 11.0 Å². The van der Waals surface area contributed by atoms with E-state index in [-0.39, 0.29) is 29.1 Å². The Morgan fingerprint density at radius 3 is 2.38 bits per heavy atom. The Kier molecular flexibility index (Phi) is 8.57. The van der Waals surface area contributed by atoms with Crippen LogP contribution in [0, 0.1) is 29.2 Å². The number of benzene rings is 3. The maximum Gasteiger partial charge on any atom is 0.278 e. The Labute approximate surface area is 242 Å². The van der Waals surface area contributed by atoms with E-state index in [1.165, 1.54) is 31.4 Å². The molecule has 1 aliphatic carbocycles. The summed E-state index contributed by atoms with van der Waals surface area (Å²) >= 11 is 1.05. The fourth-order valence-electron chi connectivity index (χ4n) is 4.27. The summed E-state index contributed by atoms with van der Waals surface area (Å²) in [5.41, 5.74) is -0.0227. The molecule has 0 saturated heterocycles. The number of amides is 2. The molecular weight excluding hydrogens is 578 g/mol. The van der Waals surface area contributed by atoms with Gasteiger partial charge in [0, 0.05) is 17.7 Å². The number of hydrazone groups is 1. The number of methoxy groups -OCH3 is 2. The highest BCUT2D eigenvalue weighted by atomic mass is 32.2. The molecule has 1 fully saturated rings. The third kappa shape index (κ3) is 6.01. The zero-order valence-corrected chi connectivity index (χ0v) is 23.3. The Morgan fingerprint density at radius 2 is 1.71 bits per heavy atom. The predicted octanol–water partition coefficient (Wildman–Crippen LogP) is 5.41. The maximum absolute atomic E-state index is 15.2. The molecule has 1 aliphatic heterocycles. The molecule has 0 spiro atoms. The van der Waals surface area contributed by atoms with Crippen LogP contribution in [0.5, 0.6) is 17.2 Å². The van der Waals surface area contributed by atoms with Crippen LogP contribution in [-0.4, -0.2) is 49.2 Å². The van der Waals surface area contributed by atoms with Crippen molar-refractivity contribution in [2.45, 2.75) is 18.2 Å². The first-order chi connectivity index (χ1) is 20.2. The lowest BCUT2D eigenvalue weighted by molar-refractivity contribution is -0.123. The number of hydrogen-bond acceptors (Lipinski definition) is 7. The number of ether oxygens (including phenoxy) is 3. The summed E-state index contributed by atoms with van der Waals surface area (Å²) in [6.45, 7) is 0.286. The van der Waals surface area contributed by atoms with Gasteiger partial charge in [-0.1, -0.05) is 23.9 Å². The molecule has 0 aromatic heterocycles. The van der Waals surface area contributed by atoms with Gasteiger partial charge in [0.25, 0.3) is 11.8 Å². The molecule has 5 rings (SSSR count). The minimum Gasteiger partial charge on any atom is -0.492 e. The highest BCUT2D eigenvalue weighted by Gasteiger charge is 2.39. The largest absolute Gasteiger partial charge is 0.492 e. The van der Waals surface area contributed by atoms with Crippen LogP contribution in [0.15, 0.2) is 53.6 Å². The van der Waals surface area contributed by atoms with Gasteiger partial charge in [0.2, 0.25) is 5.82 Å². The maximum atomic E-state index is 15.2. The molecule has 0 radical (unpaired) electrons. The molecule has 0 bridgehead atoms. The lowest BCUT2D eigenvalue weighted by atomic mass is 10.1. The van der Waals surface area contributed by atoms with Crippen molar-refractivity contribution < 1.29 is 41.4 Å². The van der Waals surface area contributed by atoms with E-state index in [0.29, 0.717) is 29.7 Å². The molecular formula is C29H25F4N3O5S. The first-order valence-corrected chi connectivity index (χ1v) is 13.7. The van der Waals surface area contributed by atoms with Gasteiger partial charge in [-0.2, -0.15) is 9.49 Å². The molecule has 1 heterocycles. The molecule has 1 atom stereocenters. The molecule has 1 unspecified atom stereocenters. The van der Waals surface area contributed by atoms with Gasteiger partial charge in [-0.25, -0.2) is 18.2 Å². The van der Waals surface area contributed by atoms with Gasteiger partial charge in [0.15, 0.2) is 35.5 Å². The first kappa shape index (κ1) is 29.2. The third-order valence-electron chi connectivity index (χ3n) is 6.62. The van der Waals surface area contributed by atoms with Crippen LogP contribution in [0.2, 0.25) is 0 Å². The standard InChI is InChI=1S/C29H25F4N3O5S/c1-39-25-18(4-3-5-21(25)41-14-22(37)34-13-15-6-7-15)29-36(35-27(42-29)16-8-10-17(30)11-9-16)28(38)19-12-20(31)24(33)26(40-2)23(19)32/h3-5,8-12,15,29H,6-7,13-14H2,1-2H3,(H,34,37). The van der Waals surface area contributed by atoms with Crippen LogP contribution in [0.3, 0.4) is 0 Å². The molecule has 3 aromatic carbocycles. The zero-order valence-electron chi connectivity index (χ0n) is 22.5. The number of rotatable bonds is 10. The van der Waals surface area contributed by atoms with Gasteiger partial charge < -0.3 is 19.5 Å². The van der Waals surface area contributed by atoms with E-state index < -0.39 is 45.9 Å². The normalized spacial score (nSPS) is 16.2. The summed E-state index contributed by atoms with van der Waals surface area (Å²) in [4.78, 5) is 25.9. The number of hydrogen-bond donors (Lipinski definition) is 1. The van der Waals surface area contributed by atoms with Crippen molar-refractivity contribution in [3.63, 3.8) is 0 Å². The lowest BCUT2D eigenvalue weighted by Gasteiger charge is -2.24. The van der Waals surface area contributed by atoms with Crippen LogP contribution < -0.4 is 19.5 Å². The molecule has 3 aromatic rings. The third-order valence-corrected chi connectivity index (χ3v) is 7.83. The number of carbonyl (C=O) groups excluding carboxylic acids is 2. The summed E-state index contributed by atoms with van der Waals surface area (Å²) in [6.07, 6.45) is 2.16. The number of para-hydroxylation sites is 1. The van der Waals surface area contributed by atoms with E-state index in [9.17, 15) is 22.8 Å². The summed E-state index contributed by atoms with van der Waals surface area (Å²) in [7, 11) is 2.31. The molecule has 8 nitrogen and oxygen atoms in total. The molecule has 1 saturated carbocycles. The van der Waals surface area contributed by atoms with E-state index >= 15 is 4.39 Å². The van der Waals surface area contributed by atoms with E-state index in [1.54, 1.807) is 18.2 Å². The minimum absolute atomic E-state index is 0.168. The van der Waals surface area contributed by atoms with Crippen LogP contribution in [0.4, 0.5) is 17.6 Å². The predicted molar refractivity (Wildman–Crippen MR) is 147 cm³/mol. The second-order valence-electron chi connectivity index (χ2n) is 9.51. The SMILES string of the molecule is COc1c(OCC(=O)NCC2CC2)cccc1C1SC(c2ccc(F)cc2)=NN1C(=O)c1cc(F)c(F)c(OC)c1F. The molecule has 13 heteroatoms. The Bertz CT molecular complexity index is 1550. The van der Waals surface area contributed by atoms with Crippen LogP contribution in [-0.2, 0) is 4.79 Å². The van der Waals surface area contributed by atoms with E-state index in [2.05, 4.69) is 15.2 Å². The number of halogens is 4. The van der Waals surface area contributed by atoms with Gasteiger partial charge in [-0.15, -0.1) is 0 Å². The Balaban J connectivity index is 1.51. The number of carbonyl (C=O) groups is 2. The number of thioether (sulfide) groups is 1. The van der Waals surface area contributed by atoms with Gasteiger partial charge in [0.1, 0.15) is 16.2 Å². The monoisotopic (exact) mass is 603 g/mol. The summed E-state index contributed by atoms with van der Waals surface area (Å²) in [5.74, 6) is -6.59. The number of nitrogens with one attached hydrogen (secondary N) is 1. The molecule has 2 aliphatic rings. The summed E-state index contributed by atoms with van der Waals surface area (Å²) in [6, 6.07) is 10.5. The Hall–Kier alpha value is -4.26. The molecule has 1 N–H and O–H groups in total. The second kappa shape index (κ2) is 12.3. The van der Waals surface area contributed by atoms with Crippen molar-refractivity contribution in [1.82, 2.24) is 10.3 Å². The topological polar surface area (TPSA) is 89.5 Å². The van der Waals surface area contributed by atoms with Crippen LogP contribution >= 0.6 is 11.8 Å². The van der Waals surface area contributed by atoms with Crippen molar-refractivity contribution in [3.05, 3.63) is 88.5 Å². The fraction of sp³-hybridized carbons (Fsp3) is 0.276. The van der Waals surface area contributed by atoms with Crippen molar-refractivity contribution >= 4 is 28.6 Å². The van der Waals surface area contributed by atoms with Gasteiger partial charge >= 0.3 is 0 Å². The zero-order chi connectivity index (χ0) is 30.0. The van der Waals surface area contributed by atoms with Gasteiger partial charge in [0.05, 0.1) is 19.8 Å². The smallest absolute Gasteiger partial charge is 0.278 e. The first-order valence-electron chi connectivity index (χ1n) is 12.8. The van der Waals surface area contributed by atoms with E-state index in [1.807, 2.05) is 0 Å². The quantitative estimate of drug-likeness (QED) is 0.246. The fourth-order valence-corrected chi connectivity index (χ4v) is 5.44. The second-order valence-corrected chi connectivity index (χ2v) is 10.6.